The van der Waals surface area contributed by atoms with Crippen LogP contribution in [-0.2, 0) is 33.6 Å². The van der Waals surface area contributed by atoms with Crippen molar-refractivity contribution in [3.63, 3.8) is 0 Å². The molecule has 0 aromatic rings. The van der Waals surface area contributed by atoms with Gasteiger partial charge in [0.05, 0.1) is 17.7 Å². The Labute approximate surface area is 393 Å². The van der Waals surface area contributed by atoms with E-state index in [-0.39, 0.29) is 76.7 Å². The van der Waals surface area contributed by atoms with E-state index in [4.69, 9.17) is 49.4 Å². The van der Waals surface area contributed by atoms with Crippen LogP contribution >= 0.6 is 0 Å². The van der Waals surface area contributed by atoms with E-state index in [0.29, 0.717) is 51.8 Å². The van der Waals surface area contributed by atoms with Crippen LogP contribution in [0.5, 0.6) is 0 Å². The van der Waals surface area contributed by atoms with E-state index in [2.05, 4.69) is 10.6 Å². The molecular formula is C48H73N11O8. The Morgan fingerprint density at radius 1 is 0.731 bits per heavy atom. The molecule has 1 unspecified atom stereocenters. The molecule has 7 amide bonds. The smallest absolute Gasteiger partial charge is 0.220 e. The molecule has 0 spiro atoms. The van der Waals surface area contributed by atoms with E-state index < -0.39 is 98.5 Å². The van der Waals surface area contributed by atoms with Gasteiger partial charge in [-0.3, -0.25) is 48.5 Å². The van der Waals surface area contributed by atoms with Gasteiger partial charge in [-0.25, -0.2) is 0 Å². The molecule has 19 nitrogen and oxygen atoms in total. The quantitative estimate of drug-likeness (QED) is 0.0857. The summed E-state index contributed by atoms with van der Waals surface area (Å²) in [5, 5.41) is 16.4. The number of carbonyl (C=O) groups excluding carboxylic acids is 7. The zero-order valence-electron chi connectivity index (χ0n) is 40.6. The standard InChI is InChI=1S/C48H73N11O8/c1-23(60)22-55-38(67)16-17-45(6)29(18-35(52)64)43-48(9)47(8,21-37(54)66)28(12-15-34(51)63)40(59-48)25(3)42-46(7,20-36(53)65)26(10-13-32(49)61)30(56-42)19-31-44(4,5)27(11-14-33(50)62)39(57-31)24(2)41(45)58-43/h19,23,26-29,43,56,60H,10-18,20-22H2,1-9H3,(H2,49,61)(H2,50,62)(H2,51,63)(H2,52,64)(H2,53,65)(H2,54,66)(H,55,67)/b30-19?,39-24-,42-25-/t23-,26+,27+,28+,29-,43?,45+,46-,47-,48-/m0/s1. The fraction of sp³-hybridized carbons (Fsp3) is 0.667. The molecule has 0 aromatic heterocycles. The summed E-state index contributed by atoms with van der Waals surface area (Å²) in [6, 6.07) is -0.913. The van der Waals surface area contributed by atoms with Crippen molar-refractivity contribution in [1.82, 2.24) is 10.6 Å². The number of nitrogens with zero attached hydrogens (tertiary/aromatic N) is 3. The predicted octanol–water partition coefficient (Wildman–Crippen LogP) is 1.74. The van der Waals surface area contributed by atoms with E-state index in [1.807, 2.05) is 61.5 Å². The van der Waals surface area contributed by atoms with Crippen LogP contribution in [-0.4, -0.2) is 87.8 Å². The van der Waals surface area contributed by atoms with Crippen molar-refractivity contribution < 1.29 is 38.7 Å². The number of rotatable bonds is 20. The first-order valence-electron chi connectivity index (χ1n) is 23.3. The average Bonchev–Trinajstić information content (AvgIpc) is 3.80. The summed E-state index contributed by atoms with van der Waals surface area (Å²) in [4.78, 5) is 108. The number of hydrogen-bond acceptors (Lipinski definition) is 12. The topological polar surface area (TPSA) is 357 Å². The Hall–Kier alpha value is -5.72. The third kappa shape index (κ3) is 9.84. The molecule has 19 heteroatoms. The number of nitrogens with two attached hydrogens (primary N) is 6. The van der Waals surface area contributed by atoms with Gasteiger partial charge in [-0.1, -0.05) is 34.6 Å². The summed E-state index contributed by atoms with van der Waals surface area (Å²) in [5.74, 6) is -6.25. The number of nitrogens with one attached hydrogen (secondary N) is 2. The number of carbonyl (C=O) groups is 7. The van der Waals surface area contributed by atoms with Gasteiger partial charge in [-0.15, -0.1) is 0 Å². The Bertz CT molecular complexity index is 2310. The van der Waals surface area contributed by atoms with Crippen molar-refractivity contribution in [3.05, 3.63) is 34.3 Å². The highest BCUT2D eigenvalue weighted by atomic mass is 16.3. The first kappa shape index (κ1) is 52.3. The largest absolute Gasteiger partial charge is 0.392 e. The molecule has 5 aliphatic rings. The summed E-state index contributed by atoms with van der Waals surface area (Å²) in [7, 11) is 0. The van der Waals surface area contributed by atoms with E-state index in [1.54, 1.807) is 6.92 Å². The Morgan fingerprint density at radius 2 is 1.28 bits per heavy atom. The molecule has 5 heterocycles. The molecule has 0 radical (unpaired) electrons. The second-order valence-electron chi connectivity index (χ2n) is 21.2. The van der Waals surface area contributed by atoms with E-state index in [9.17, 15) is 38.7 Å². The number of aliphatic imine (C=N–C) groups is 3. The number of aliphatic hydroxyl groups is 1. The van der Waals surface area contributed by atoms with Gasteiger partial charge in [0.15, 0.2) is 0 Å². The van der Waals surface area contributed by atoms with Gasteiger partial charge in [0.1, 0.15) is 0 Å². The highest BCUT2D eigenvalue weighted by molar-refractivity contribution is 6.10. The van der Waals surface area contributed by atoms with Gasteiger partial charge in [0, 0.05) is 131 Å². The SMILES string of the molecule is C/C1=C2/N=C(C=C3N/C(=C(/C)C4=N[C@@](C)(C5N=C1[C@](C)(CCC(=O)NC[C@H](C)O)[C@H]5CC(N)=O)[C@@](C)(CC(N)=O)[C@@H]4CCC(N)=O)[C@@](C)(CC(N)=O)[C@@H]3CCC(N)=O)C(C)(C)[C@@H]2CCC(N)=O. The Kier molecular flexibility index (Phi) is 14.9. The maximum Gasteiger partial charge on any atom is 0.220 e. The van der Waals surface area contributed by atoms with Gasteiger partial charge in [0.2, 0.25) is 41.4 Å². The van der Waals surface area contributed by atoms with Gasteiger partial charge in [-0.2, -0.15) is 0 Å². The molecule has 10 atom stereocenters. The molecule has 8 bridgehead atoms. The lowest BCUT2D eigenvalue weighted by atomic mass is 9.55. The van der Waals surface area contributed by atoms with Crippen LogP contribution in [0.1, 0.15) is 133 Å². The van der Waals surface area contributed by atoms with Crippen LogP contribution in [0.15, 0.2) is 49.3 Å². The predicted molar refractivity (Wildman–Crippen MR) is 254 cm³/mol. The summed E-state index contributed by atoms with van der Waals surface area (Å²) in [6.07, 6.45) is 1.23. The lowest BCUT2D eigenvalue weighted by molar-refractivity contribution is -0.124. The van der Waals surface area contributed by atoms with Crippen LogP contribution < -0.4 is 45.0 Å². The summed E-state index contributed by atoms with van der Waals surface area (Å²) >= 11 is 0. The highest BCUT2D eigenvalue weighted by Crippen LogP contribution is 2.62. The van der Waals surface area contributed by atoms with Crippen molar-refractivity contribution >= 4 is 58.5 Å². The second kappa shape index (κ2) is 19.1. The van der Waals surface area contributed by atoms with E-state index >= 15 is 0 Å². The molecule has 0 saturated carbocycles. The lowest BCUT2D eigenvalue weighted by Gasteiger charge is -2.48. The van der Waals surface area contributed by atoms with Crippen molar-refractivity contribution in [2.24, 2.45) is 94.7 Å². The van der Waals surface area contributed by atoms with Crippen LogP contribution in [0.3, 0.4) is 0 Å². The third-order valence-electron chi connectivity index (χ3n) is 16.1. The molecule has 1 fully saturated rings. The van der Waals surface area contributed by atoms with Gasteiger partial charge in [0.25, 0.3) is 0 Å². The zero-order chi connectivity index (χ0) is 50.4. The van der Waals surface area contributed by atoms with Gasteiger partial charge < -0.3 is 50.1 Å². The highest BCUT2D eigenvalue weighted by Gasteiger charge is 2.66. The van der Waals surface area contributed by atoms with E-state index in [0.717, 1.165) is 0 Å². The van der Waals surface area contributed by atoms with Crippen molar-refractivity contribution in [2.75, 3.05) is 6.54 Å². The zero-order valence-corrected chi connectivity index (χ0v) is 40.6. The minimum absolute atomic E-state index is 0.0237. The van der Waals surface area contributed by atoms with Gasteiger partial charge >= 0.3 is 0 Å². The number of amides is 7. The van der Waals surface area contributed by atoms with Crippen LogP contribution in [0.2, 0.25) is 0 Å². The maximum absolute atomic E-state index is 13.5. The number of allylic oxidation sites excluding steroid dienone is 6. The molecule has 0 aliphatic carbocycles. The molecular weight excluding hydrogens is 859 g/mol. The molecule has 368 valence electrons. The minimum Gasteiger partial charge on any atom is -0.392 e. The van der Waals surface area contributed by atoms with E-state index in [1.165, 1.54) is 0 Å². The fourth-order valence-electron chi connectivity index (χ4n) is 12.3. The van der Waals surface area contributed by atoms with Gasteiger partial charge in [-0.05, 0) is 70.6 Å². The second-order valence-corrected chi connectivity index (χ2v) is 21.2. The normalized spacial score (nSPS) is 34.4. The molecule has 1 saturated heterocycles. The summed E-state index contributed by atoms with van der Waals surface area (Å²) < 4.78 is 0. The first-order valence-corrected chi connectivity index (χ1v) is 23.3. The van der Waals surface area contributed by atoms with Crippen LogP contribution in [0, 0.1) is 45.3 Å². The molecule has 67 heavy (non-hydrogen) atoms. The summed E-state index contributed by atoms with van der Waals surface area (Å²) in [6.45, 7) is 16.9. The number of fused-ring (bicyclic) bond motifs is 6. The number of primary amides is 6. The molecule has 15 N–H and O–H groups in total. The molecule has 0 aromatic carbocycles. The first-order chi connectivity index (χ1) is 30.9. The third-order valence-corrected chi connectivity index (χ3v) is 16.1. The molecule has 5 rings (SSSR count). The minimum atomic E-state index is -1.39. The average molecular weight is 932 g/mol. The van der Waals surface area contributed by atoms with Crippen LogP contribution in [0.4, 0.5) is 0 Å². The number of hydrogen-bond donors (Lipinski definition) is 9. The Morgan fingerprint density at radius 3 is 1.81 bits per heavy atom. The monoisotopic (exact) mass is 932 g/mol. The van der Waals surface area contributed by atoms with Crippen LogP contribution in [0.25, 0.3) is 0 Å². The summed E-state index contributed by atoms with van der Waals surface area (Å²) in [5.41, 5.74) is 34.9. The Balaban J connectivity index is 2.00. The number of aliphatic hydroxyl groups excluding tert-OH is 1. The maximum atomic E-state index is 13.5. The van der Waals surface area contributed by atoms with Crippen molar-refractivity contribution in [2.45, 2.75) is 151 Å². The fourth-order valence-corrected chi connectivity index (χ4v) is 12.3. The van der Waals surface area contributed by atoms with Crippen molar-refractivity contribution in [3.8, 4) is 0 Å². The van der Waals surface area contributed by atoms with Crippen molar-refractivity contribution in [1.29, 1.82) is 0 Å². The lowest BCUT2D eigenvalue weighted by Crippen LogP contribution is -2.56. The molecule has 5 aliphatic heterocycles.